The zero-order valence-corrected chi connectivity index (χ0v) is 10.5. The number of aliphatic carboxylic acids is 1. The van der Waals surface area contributed by atoms with Gasteiger partial charge in [0.1, 0.15) is 6.04 Å². The number of nitrogens with two attached hydrogens (primary N) is 2. The summed E-state index contributed by atoms with van der Waals surface area (Å²) in [5, 5.41) is 22.8. The Morgan fingerprint density at radius 3 is 1.79 bits per heavy atom. The Labute approximate surface area is 121 Å². The van der Waals surface area contributed by atoms with E-state index in [9.17, 15) is 9.59 Å². The molecule has 0 aliphatic heterocycles. The molecule has 5 N–H and O–H groups in total. The van der Waals surface area contributed by atoms with Gasteiger partial charge in [0.2, 0.25) is 5.91 Å². The SMILES string of the molecule is NC(=O)C[C@H](N)C(=O)O.O=[N+]([O-])[O-].[K+]. The first-order chi connectivity index (χ1) is 5.77. The van der Waals surface area contributed by atoms with Crippen molar-refractivity contribution in [2.24, 2.45) is 11.5 Å². The minimum absolute atomic E-state index is 0. The summed E-state index contributed by atoms with van der Waals surface area (Å²) in [7, 11) is 0. The molecule has 0 unspecified atom stereocenters. The molecule has 0 spiro atoms. The fraction of sp³-hybridized carbons (Fsp3) is 0.500. The molecule has 0 fully saturated rings. The van der Waals surface area contributed by atoms with Crippen LogP contribution < -0.4 is 62.9 Å². The topological polar surface area (TPSA) is 173 Å². The van der Waals surface area contributed by atoms with Gasteiger partial charge >= 0.3 is 57.4 Å². The van der Waals surface area contributed by atoms with Crippen LogP contribution in [0.1, 0.15) is 6.42 Å². The molecule has 0 rings (SSSR count). The van der Waals surface area contributed by atoms with Crippen LogP contribution in [-0.2, 0) is 9.59 Å². The van der Waals surface area contributed by atoms with Crippen molar-refractivity contribution >= 4 is 11.9 Å². The molecule has 10 heteroatoms. The molecule has 0 saturated carbocycles. The van der Waals surface area contributed by atoms with Gasteiger partial charge in [0, 0.05) is 0 Å². The smallest absolute Gasteiger partial charge is 0.480 e. The molecule has 0 heterocycles. The average Bonchev–Trinajstić information content (AvgIpc) is 1.83. The summed E-state index contributed by atoms with van der Waals surface area (Å²) in [6.45, 7) is 0. The third-order valence-corrected chi connectivity index (χ3v) is 0.738. The Morgan fingerprint density at radius 1 is 1.43 bits per heavy atom. The van der Waals surface area contributed by atoms with E-state index in [2.05, 4.69) is 5.73 Å². The molecule has 14 heavy (non-hydrogen) atoms. The van der Waals surface area contributed by atoms with Gasteiger partial charge in [0.15, 0.2) is 0 Å². The second kappa shape index (κ2) is 10.8. The second-order valence-electron chi connectivity index (χ2n) is 1.84. The number of carbonyl (C=O) groups is 2. The van der Waals surface area contributed by atoms with E-state index in [1.807, 2.05) is 0 Å². The third-order valence-electron chi connectivity index (χ3n) is 0.738. The van der Waals surface area contributed by atoms with Gasteiger partial charge < -0.3 is 31.9 Å². The van der Waals surface area contributed by atoms with Crippen LogP contribution in [-0.4, -0.2) is 28.1 Å². The molecule has 0 aliphatic carbocycles. The molecular formula is C4H8KN3O6. The number of amides is 1. The molecule has 0 radical (unpaired) electrons. The maximum atomic E-state index is 9.99. The summed E-state index contributed by atoms with van der Waals surface area (Å²) in [6.07, 6.45) is -0.310. The van der Waals surface area contributed by atoms with Crippen molar-refractivity contribution in [3.05, 3.63) is 15.3 Å². The molecule has 9 nitrogen and oxygen atoms in total. The molecule has 0 aliphatic rings. The van der Waals surface area contributed by atoms with E-state index in [-0.39, 0.29) is 57.8 Å². The van der Waals surface area contributed by atoms with Crippen LogP contribution in [0.3, 0.4) is 0 Å². The number of carbonyl (C=O) groups excluding carboxylic acids is 1. The van der Waals surface area contributed by atoms with E-state index in [4.69, 9.17) is 26.2 Å². The Bertz CT molecular complexity index is 205. The molecule has 0 aromatic rings. The summed E-state index contributed by atoms with van der Waals surface area (Å²) in [5.74, 6) is -1.92. The normalized spacial score (nSPS) is 9.79. The van der Waals surface area contributed by atoms with E-state index in [0.29, 0.717) is 0 Å². The van der Waals surface area contributed by atoms with Crippen LogP contribution in [0, 0.1) is 15.3 Å². The van der Waals surface area contributed by atoms with E-state index in [0.717, 1.165) is 0 Å². The number of carboxylic acid groups (broad SMARTS) is 1. The minimum Gasteiger partial charge on any atom is -0.480 e. The van der Waals surface area contributed by atoms with E-state index >= 15 is 0 Å². The van der Waals surface area contributed by atoms with Gasteiger partial charge in [-0.05, 0) is 0 Å². The summed E-state index contributed by atoms with van der Waals surface area (Å²) < 4.78 is 0. The van der Waals surface area contributed by atoms with Gasteiger partial charge in [-0.3, -0.25) is 9.59 Å². The quantitative estimate of drug-likeness (QED) is 0.248. The van der Waals surface area contributed by atoms with E-state index < -0.39 is 23.0 Å². The Balaban J connectivity index is -0.000000209. The summed E-state index contributed by atoms with van der Waals surface area (Å²) in [4.78, 5) is 28.1. The standard InChI is InChI=1S/C4H8N2O3.K.NO3/c5-2(4(8)9)1-3(6)7;;2-1(3)4/h2H,1,5H2,(H2,6,7)(H,8,9);;/q;+1;-1/t2-;;/m0../s1. The molecule has 0 aromatic heterocycles. The van der Waals surface area contributed by atoms with Crippen molar-refractivity contribution in [1.29, 1.82) is 0 Å². The van der Waals surface area contributed by atoms with Crippen LogP contribution in [0.2, 0.25) is 0 Å². The minimum atomic E-state index is -1.75. The van der Waals surface area contributed by atoms with Crippen molar-refractivity contribution in [1.82, 2.24) is 0 Å². The fourth-order valence-corrected chi connectivity index (χ4v) is 0.304. The monoisotopic (exact) mass is 233 g/mol. The zero-order chi connectivity index (χ0) is 11.0. The predicted octanol–water partition coefficient (Wildman–Crippen LogP) is -4.96. The summed E-state index contributed by atoms with van der Waals surface area (Å²) in [6, 6.07) is -1.16. The van der Waals surface area contributed by atoms with Gasteiger partial charge in [0.25, 0.3) is 0 Å². The van der Waals surface area contributed by atoms with Crippen molar-refractivity contribution in [2.75, 3.05) is 0 Å². The van der Waals surface area contributed by atoms with Gasteiger partial charge in [-0.15, -0.1) is 0 Å². The van der Waals surface area contributed by atoms with Crippen molar-refractivity contribution in [3.63, 3.8) is 0 Å². The summed E-state index contributed by atoms with van der Waals surface area (Å²) in [5.41, 5.74) is 9.57. The third kappa shape index (κ3) is 22.6. The number of hydrogen-bond donors (Lipinski definition) is 3. The molecule has 76 valence electrons. The van der Waals surface area contributed by atoms with E-state index in [1.165, 1.54) is 0 Å². The molecule has 1 amide bonds. The van der Waals surface area contributed by atoms with Crippen molar-refractivity contribution in [2.45, 2.75) is 12.5 Å². The molecule has 0 saturated heterocycles. The number of rotatable bonds is 3. The fourth-order valence-electron chi connectivity index (χ4n) is 0.304. The Morgan fingerprint density at radius 2 is 1.71 bits per heavy atom. The van der Waals surface area contributed by atoms with Crippen LogP contribution in [0.25, 0.3) is 0 Å². The summed E-state index contributed by atoms with van der Waals surface area (Å²) >= 11 is 0. The number of hydrogen-bond acceptors (Lipinski definition) is 6. The molecular weight excluding hydrogens is 225 g/mol. The molecule has 0 aromatic carbocycles. The van der Waals surface area contributed by atoms with Crippen LogP contribution in [0.15, 0.2) is 0 Å². The van der Waals surface area contributed by atoms with Crippen LogP contribution in [0.5, 0.6) is 0 Å². The van der Waals surface area contributed by atoms with Crippen LogP contribution >= 0.6 is 0 Å². The molecule has 0 bridgehead atoms. The second-order valence-corrected chi connectivity index (χ2v) is 1.84. The van der Waals surface area contributed by atoms with Crippen molar-refractivity contribution in [3.8, 4) is 0 Å². The van der Waals surface area contributed by atoms with Gasteiger partial charge in [-0.25, -0.2) is 0 Å². The van der Waals surface area contributed by atoms with E-state index in [1.54, 1.807) is 0 Å². The maximum Gasteiger partial charge on any atom is 1.00 e. The maximum absolute atomic E-state index is 9.99. The zero-order valence-electron chi connectivity index (χ0n) is 7.37. The van der Waals surface area contributed by atoms with Gasteiger partial charge in [-0.2, -0.15) is 0 Å². The predicted molar refractivity (Wildman–Crippen MR) is 39.8 cm³/mol. The van der Waals surface area contributed by atoms with Crippen molar-refractivity contribution < 1.29 is 71.2 Å². The average molecular weight is 233 g/mol. The Hall–Kier alpha value is -0.264. The van der Waals surface area contributed by atoms with Gasteiger partial charge in [-0.1, -0.05) is 0 Å². The van der Waals surface area contributed by atoms with Crippen LogP contribution in [0.4, 0.5) is 0 Å². The largest absolute Gasteiger partial charge is 1.00 e. The Kier molecular flexibility index (Phi) is 14.9. The first-order valence-electron chi connectivity index (χ1n) is 2.85. The first-order valence-corrected chi connectivity index (χ1v) is 2.85. The molecule has 1 atom stereocenters. The van der Waals surface area contributed by atoms with Gasteiger partial charge in [0.05, 0.1) is 11.5 Å². The number of primary amides is 1. The number of carboxylic acids is 1. The first kappa shape index (κ1) is 19.3. The number of nitrogens with zero attached hydrogens (tertiary/aromatic N) is 1.